The van der Waals surface area contributed by atoms with Gasteiger partial charge in [0.15, 0.2) is 5.69 Å². The normalized spacial score (nSPS) is 23.6. The van der Waals surface area contributed by atoms with Crippen molar-refractivity contribution in [1.29, 1.82) is 0 Å². The topological polar surface area (TPSA) is 92.4 Å². The zero-order valence-electron chi connectivity index (χ0n) is 9.47. The number of carbonyl (C=O) groups excluding carboxylic acids is 1. The van der Waals surface area contributed by atoms with Gasteiger partial charge in [-0.25, -0.2) is 0 Å². The van der Waals surface area contributed by atoms with Crippen LogP contribution in [0.2, 0.25) is 0 Å². The van der Waals surface area contributed by atoms with Gasteiger partial charge in [0, 0.05) is 12.1 Å². The third-order valence-corrected chi connectivity index (χ3v) is 2.98. The Morgan fingerprint density at radius 2 is 2.29 bits per heavy atom. The maximum absolute atomic E-state index is 11.7. The van der Waals surface area contributed by atoms with E-state index >= 15 is 0 Å². The van der Waals surface area contributed by atoms with E-state index in [-0.39, 0.29) is 23.6 Å². The lowest BCUT2D eigenvalue weighted by Gasteiger charge is -2.10. The predicted octanol–water partition coefficient (Wildman–Crippen LogP) is 0.966. The fraction of sp³-hybridized carbons (Fsp3) is 0.545. The van der Waals surface area contributed by atoms with Gasteiger partial charge in [-0.15, -0.1) is 0 Å². The highest BCUT2D eigenvalue weighted by Crippen LogP contribution is 2.25. The first-order valence-corrected chi connectivity index (χ1v) is 5.53. The molecule has 1 saturated carbocycles. The van der Waals surface area contributed by atoms with Gasteiger partial charge < -0.3 is 14.9 Å². The van der Waals surface area contributed by atoms with Crippen LogP contribution >= 0.6 is 0 Å². The van der Waals surface area contributed by atoms with Gasteiger partial charge in [-0.05, 0) is 26.2 Å². The second kappa shape index (κ2) is 4.57. The molecule has 1 aromatic rings. The average molecular weight is 238 g/mol. The zero-order chi connectivity index (χ0) is 12.4. The second-order valence-corrected chi connectivity index (χ2v) is 4.34. The Balaban J connectivity index is 1.90. The van der Waals surface area contributed by atoms with E-state index < -0.39 is 5.97 Å². The number of aryl methyl sites for hydroxylation is 1. The first kappa shape index (κ1) is 11.6. The van der Waals surface area contributed by atoms with Gasteiger partial charge in [0.25, 0.3) is 5.91 Å². The van der Waals surface area contributed by atoms with E-state index in [0.29, 0.717) is 25.0 Å². The summed E-state index contributed by atoms with van der Waals surface area (Å²) in [6, 6.07) is 1.47. The van der Waals surface area contributed by atoms with E-state index in [4.69, 9.17) is 9.63 Å². The van der Waals surface area contributed by atoms with Crippen LogP contribution in [0, 0.1) is 12.8 Å². The largest absolute Gasteiger partial charge is 0.481 e. The molecule has 0 spiro atoms. The molecule has 2 N–H and O–H groups in total. The summed E-state index contributed by atoms with van der Waals surface area (Å²) in [5.74, 6) is -0.874. The van der Waals surface area contributed by atoms with Crippen LogP contribution in [-0.2, 0) is 4.79 Å². The molecule has 0 unspecified atom stereocenters. The summed E-state index contributed by atoms with van der Waals surface area (Å²) in [6.07, 6.45) is 1.79. The molecule has 0 bridgehead atoms. The van der Waals surface area contributed by atoms with Crippen LogP contribution in [0.3, 0.4) is 0 Å². The Morgan fingerprint density at radius 3 is 2.82 bits per heavy atom. The molecular weight excluding hydrogens is 224 g/mol. The van der Waals surface area contributed by atoms with Crippen molar-refractivity contribution in [3.63, 3.8) is 0 Å². The van der Waals surface area contributed by atoms with Crippen LogP contribution in [0.5, 0.6) is 0 Å². The first-order chi connectivity index (χ1) is 8.06. The van der Waals surface area contributed by atoms with E-state index in [1.54, 1.807) is 13.0 Å². The molecule has 6 nitrogen and oxygen atoms in total. The standard InChI is InChI=1S/C11H14N2O4/c1-6-4-9(13-17-6)10(14)12-8-3-2-7(5-8)11(15)16/h4,7-8H,2-3,5H2,1H3,(H,12,14)(H,15,16)/t7-,8+/m1/s1. The van der Waals surface area contributed by atoms with Crippen molar-refractivity contribution in [2.75, 3.05) is 0 Å². The van der Waals surface area contributed by atoms with E-state index in [2.05, 4.69) is 10.5 Å². The molecular formula is C11H14N2O4. The average Bonchev–Trinajstić information content (AvgIpc) is 2.86. The Morgan fingerprint density at radius 1 is 1.53 bits per heavy atom. The number of hydrogen-bond acceptors (Lipinski definition) is 4. The van der Waals surface area contributed by atoms with Crippen molar-refractivity contribution in [3.05, 3.63) is 17.5 Å². The summed E-state index contributed by atoms with van der Waals surface area (Å²) < 4.78 is 4.80. The Bertz CT molecular complexity index is 440. The van der Waals surface area contributed by atoms with Crippen molar-refractivity contribution in [2.45, 2.75) is 32.2 Å². The molecule has 17 heavy (non-hydrogen) atoms. The third kappa shape index (κ3) is 2.64. The molecule has 1 fully saturated rings. The van der Waals surface area contributed by atoms with Gasteiger partial charge in [0.2, 0.25) is 0 Å². The number of aromatic nitrogens is 1. The second-order valence-electron chi connectivity index (χ2n) is 4.34. The molecule has 2 rings (SSSR count). The predicted molar refractivity (Wildman–Crippen MR) is 57.5 cm³/mol. The van der Waals surface area contributed by atoms with Gasteiger partial charge in [-0.1, -0.05) is 5.16 Å². The highest BCUT2D eigenvalue weighted by molar-refractivity contribution is 5.92. The molecule has 0 aromatic carbocycles. The molecule has 2 atom stereocenters. The number of carbonyl (C=O) groups is 2. The molecule has 1 aromatic heterocycles. The summed E-state index contributed by atoms with van der Waals surface area (Å²) in [6.45, 7) is 1.71. The first-order valence-electron chi connectivity index (χ1n) is 5.53. The van der Waals surface area contributed by atoms with Gasteiger partial charge in [-0.3, -0.25) is 9.59 Å². The number of carboxylic acids is 1. The van der Waals surface area contributed by atoms with E-state index in [0.717, 1.165) is 0 Å². The summed E-state index contributed by atoms with van der Waals surface area (Å²) >= 11 is 0. The van der Waals surface area contributed by atoms with E-state index in [1.165, 1.54) is 0 Å². The van der Waals surface area contributed by atoms with Crippen LogP contribution in [0.15, 0.2) is 10.6 Å². The van der Waals surface area contributed by atoms with Crippen LogP contribution in [0.1, 0.15) is 35.5 Å². The summed E-state index contributed by atoms with van der Waals surface area (Å²) in [7, 11) is 0. The fourth-order valence-electron chi connectivity index (χ4n) is 2.07. The summed E-state index contributed by atoms with van der Waals surface area (Å²) in [4.78, 5) is 22.5. The number of nitrogens with one attached hydrogen (secondary N) is 1. The molecule has 1 aliphatic rings. The SMILES string of the molecule is Cc1cc(C(=O)N[C@H]2CC[C@@H](C(=O)O)C2)no1. The lowest BCUT2D eigenvalue weighted by Crippen LogP contribution is -2.33. The Kier molecular flexibility index (Phi) is 3.12. The number of nitrogens with zero attached hydrogens (tertiary/aromatic N) is 1. The van der Waals surface area contributed by atoms with Crippen LogP contribution in [0.25, 0.3) is 0 Å². The minimum absolute atomic E-state index is 0.0828. The van der Waals surface area contributed by atoms with Crippen molar-refractivity contribution in [1.82, 2.24) is 10.5 Å². The quantitative estimate of drug-likeness (QED) is 0.818. The van der Waals surface area contributed by atoms with Crippen LogP contribution in [-0.4, -0.2) is 28.2 Å². The van der Waals surface area contributed by atoms with Gasteiger partial charge in [0.1, 0.15) is 5.76 Å². The number of carboxylic acid groups (broad SMARTS) is 1. The lowest BCUT2D eigenvalue weighted by atomic mass is 10.1. The third-order valence-electron chi connectivity index (χ3n) is 2.98. The Labute approximate surface area is 98.0 Å². The molecule has 0 aliphatic heterocycles. The smallest absolute Gasteiger partial charge is 0.306 e. The maximum Gasteiger partial charge on any atom is 0.306 e. The van der Waals surface area contributed by atoms with Crippen molar-refractivity contribution in [2.24, 2.45) is 5.92 Å². The van der Waals surface area contributed by atoms with E-state index in [9.17, 15) is 9.59 Å². The highest BCUT2D eigenvalue weighted by Gasteiger charge is 2.31. The molecule has 6 heteroatoms. The minimum atomic E-state index is -0.793. The molecule has 1 heterocycles. The number of amides is 1. The lowest BCUT2D eigenvalue weighted by molar-refractivity contribution is -0.141. The zero-order valence-corrected chi connectivity index (χ0v) is 9.47. The number of aliphatic carboxylic acids is 1. The van der Waals surface area contributed by atoms with Crippen molar-refractivity contribution >= 4 is 11.9 Å². The molecule has 1 amide bonds. The molecule has 0 saturated heterocycles. The molecule has 1 aliphatic carbocycles. The van der Waals surface area contributed by atoms with Gasteiger partial charge in [0.05, 0.1) is 5.92 Å². The highest BCUT2D eigenvalue weighted by atomic mass is 16.5. The maximum atomic E-state index is 11.7. The number of hydrogen-bond donors (Lipinski definition) is 2. The van der Waals surface area contributed by atoms with Crippen LogP contribution < -0.4 is 5.32 Å². The van der Waals surface area contributed by atoms with Crippen molar-refractivity contribution in [3.8, 4) is 0 Å². The number of rotatable bonds is 3. The van der Waals surface area contributed by atoms with E-state index in [1.807, 2.05) is 0 Å². The molecule has 92 valence electrons. The van der Waals surface area contributed by atoms with Gasteiger partial charge in [-0.2, -0.15) is 0 Å². The molecule has 0 radical (unpaired) electrons. The van der Waals surface area contributed by atoms with Crippen LogP contribution in [0.4, 0.5) is 0 Å². The monoisotopic (exact) mass is 238 g/mol. The fourth-order valence-corrected chi connectivity index (χ4v) is 2.07. The Hall–Kier alpha value is -1.85. The summed E-state index contributed by atoms with van der Waals surface area (Å²) in [5, 5.41) is 15.2. The summed E-state index contributed by atoms with van der Waals surface area (Å²) in [5.41, 5.74) is 0.237. The van der Waals surface area contributed by atoms with Crippen molar-refractivity contribution < 1.29 is 19.2 Å². The minimum Gasteiger partial charge on any atom is -0.481 e. The van der Waals surface area contributed by atoms with Gasteiger partial charge >= 0.3 is 5.97 Å².